The third kappa shape index (κ3) is 4.26. The van der Waals surface area contributed by atoms with E-state index < -0.39 is 21.8 Å². The van der Waals surface area contributed by atoms with Crippen LogP contribution in [0.4, 0.5) is 4.39 Å². The van der Waals surface area contributed by atoms with Gasteiger partial charge < -0.3 is 10.1 Å². The second kappa shape index (κ2) is 8.40. The van der Waals surface area contributed by atoms with E-state index in [1.54, 1.807) is 36.4 Å². The van der Waals surface area contributed by atoms with Crippen molar-refractivity contribution in [3.8, 4) is 11.1 Å². The maximum Gasteiger partial charge on any atom is 0.178 e. The molecule has 170 valence electrons. The van der Waals surface area contributed by atoms with Gasteiger partial charge in [-0.1, -0.05) is 53.5 Å². The zero-order valence-electron chi connectivity index (χ0n) is 17.2. The minimum atomic E-state index is -3.34. The van der Waals surface area contributed by atoms with Crippen molar-refractivity contribution < 1.29 is 17.9 Å². The van der Waals surface area contributed by atoms with Crippen molar-refractivity contribution in [3.63, 3.8) is 0 Å². The quantitative estimate of drug-likeness (QED) is 0.340. The van der Waals surface area contributed by atoms with E-state index >= 15 is 0 Å². The van der Waals surface area contributed by atoms with E-state index in [1.807, 2.05) is 0 Å². The van der Waals surface area contributed by atoms with Crippen molar-refractivity contribution >= 4 is 44.1 Å². The molecule has 1 aliphatic carbocycles. The van der Waals surface area contributed by atoms with Crippen LogP contribution in [-0.4, -0.2) is 29.2 Å². The van der Waals surface area contributed by atoms with Crippen LogP contribution in [0, 0.1) is 11.7 Å². The molecule has 0 amide bonds. The fourth-order valence-electron chi connectivity index (χ4n) is 3.85. The number of imidazole rings is 1. The Hall–Kier alpha value is -2.45. The van der Waals surface area contributed by atoms with Gasteiger partial charge in [-0.3, -0.25) is 0 Å². The highest BCUT2D eigenvalue weighted by Gasteiger charge is 2.29. The normalized spacial score (nSPS) is 15.2. The number of H-pyrrole nitrogens is 1. The molecule has 5 rings (SSSR count). The number of rotatable bonds is 6. The van der Waals surface area contributed by atoms with E-state index in [9.17, 15) is 17.9 Å². The standard InChI is InChI=1S/C24H19Cl2FN2O3S/c25-17-11-19-22(21(26)20(17)16-3-1-2-4-18(16)27)29-24(28-19)23(30)14-7-9-15(10-8-14)33(31,32)12-13-5-6-13/h1-4,7-11,13,23,30H,5-6,12H2,(H,28,29). The summed E-state index contributed by atoms with van der Waals surface area (Å²) >= 11 is 13.0. The van der Waals surface area contributed by atoms with Crippen molar-refractivity contribution in [1.82, 2.24) is 9.97 Å². The fourth-order valence-corrected chi connectivity index (χ4v) is 6.24. The molecular formula is C24H19Cl2FN2O3S. The molecule has 1 heterocycles. The van der Waals surface area contributed by atoms with E-state index in [0.29, 0.717) is 22.2 Å². The Morgan fingerprint density at radius 3 is 2.48 bits per heavy atom. The van der Waals surface area contributed by atoms with Crippen LogP contribution in [0.3, 0.4) is 0 Å². The molecule has 0 bridgehead atoms. The zero-order chi connectivity index (χ0) is 23.3. The minimum absolute atomic E-state index is 0.155. The van der Waals surface area contributed by atoms with Gasteiger partial charge in [-0.2, -0.15) is 0 Å². The molecule has 1 saturated carbocycles. The molecule has 1 fully saturated rings. The molecule has 5 nitrogen and oxygen atoms in total. The minimum Gasteiger partial charge on any atom is -0.380 e. The number of halogens is 3. The van der Waals surface area contributed by atoms with Gasteiger partial charge in [0, 0.05) is 11.1 Å². The van der Waals surface area contributed by atoms with Crippen LogP contribution in [-0.2, 0) is 9.84 Å². The van der Waals surface area contributed by atoms with Crippen molar-refractivity contribution in [2.75, 3.05) is 5.75 Å². The Labute approximate surface area is 200 Å². The molecule has 9 heteroatoms. The van der Waals surface area contributed by atoms with E-state index in [4.69, 9.17) is 23.2 Å². The fraction of sp³-hybridized carbons (Fsp3) is 0.208. The third-order valence-electron chi connectivity index (χ3n) is 5.80. The van der Waals surface area contributed by atoms with Gasteiger partial charge in [-0.15, -0.1) is 0 Å². The Kier molecular flexibility index (Phi) is 5.69. The van der Waals surface area contributed by atoms with Crippen molar-refractivity contribution in [2.45, 2.75) is 23.8 Å². The second-order valence-electron chi connectivity index (χ2n) is 8.24. The zero-order valence-corrected chi connectivity index (χ0v) is 19.6. The van der Waals surface area contributed by atoms with E-state index in [0.717, 1.165) is 12.8 Å². The molecule has 2 N–H and O–H groups in total. The predicted molar refractivity (Wildman–Crippen MR) is 127 cm³/mol. The number of fused-ring (bicyclic) bond motifs is 1. The molecule has 0 spiro atoms. The van der Waals surface area contributed by atoms with E-state index in [1.165, 1.54) is 18.2 Å². The first-order valence-corrected chi connectivity index (χ1v) is 12.8. The molecule has 0 saturated heterocycles. The van der Waals surface area contributed by atoms with Crippen LogP contribution < -0.4 is 0 Å². The van der Waals surface area contributed by atoms with Crippen LogP contribution >= 0.6 is 23.2 Å². The van der Waals surface area contributed by atoms with Crippen molar-refractivity contribution in [3.05, 3.63) is 81.8 Å². The number of aliphatic hydroxyl groups excluding tert-OH is 1. The lowest BCUT2D eigenvalue weighted by Gasteiger charge is -2.09. The van der Waals surface area contributed by atoms with Gasteiger partial charge in [-0.05, 0) is 48.6 Å². The number of hydrogen-bond acceptors (Lipinski definition) is 4. The first-order valence-electron chi connectivity index (χ1n) is 10.4. The number of hydrogen-bond donors (Lipinski definition) is 2. The highest BCUT2D eigenvalue weighted by molar-refractivity contribution is 7.91. The van der Waals surface area contributed by atoms with Crippen LogP contribution in [0.5, 0.6) is 0 Å². The van der Waals surface area contributed by atoms with Gasteiger partial charge >= 0.3 is 0 Å². The summed E-state index contributed by atoms with van der Waals surface area (Å²) in [4.78, 5) is 7.67. The molecule has 33 heavy (non-hydrogen) atoms. The van der Waals surface area contributed by atoms with Crippen molar-refractivity contribution in [2.24, 2.45) is 5.92 Å². The summed E-state index contributed by atoms with van der Waals surface area (Å²) in [6, 6.07) is 13.9. The largest absolute Gasteiger partial charge is 0.380 e. The molecule has 1 aromatic heterocycles. The number of sulfone groups is 1. The van der Waals surface area contributed by atoms with E-state index in [-0.39, 0.29) is 38.0 Å². The highest BCUT2D eigenvalue weighted by Crippen LogP contribution is 2.41. The number of aromatic amines is 1. The van der Waals surface area contributed by atoms with Crippen molar-refractivity contribution in [1.29, 1.82) is 0 Å². The summed E-state index contributed by atoms with van der Waals surface area (Å²) in [6.45, 7) is 0. The lowest BCUT2D eigenvalue weighted by atomic mass is 10.0. The predicted octanol–water partition coefficient (Wildman–Crippen LogP) is 5.94. The summed E-state index contributed by atoms with van der Waals surface area (Å²) in [5, 5.41) is 11.3. The van der Waals surface area contributed by atoms with Gasteiger partial charge in [0.25, 0.3) is 0 Å². The summed E-state index contributed by atoms with van der Waals surface area (Å²) in [5.74, 6) is 0.152. The molecule has 0 radical (unpaired) electrons. The van der Waals surface area contributed by atoms with Gasteiger partial charge in [-0.25, -0.2) is 17.8 Å². The first kappa shape index (κ1) is 22.3. The topological polar surface area (TPSA) is 83.1 Å². The lowest BCUT2D eigenvalue weighted by molar-refractivity contribution is 0.211. The SMILES string of the molecule is O=S(=O)(CC1CC1)c1ccc(C(O)c2nc3c(Cl)c(-c4ccccc4F)c(Cl)cc3[nH]2)cc1. The Balaban J connectivity index is 1.49. The van der Waals surface area contributed by atoms with Gasteiger partial charge in [0.05, 0.1) is 26.2 Å². The van der Waals surface area contributed by atoms with Crippen LogP contribution in [0.15, 0.2) is 59.5 Å². The van der Waals surface area contributed by atoms with Gasteiger partial charge in [0.1, 0.15) is 23.3 Å². The second-order valence-corrected chi connectivity index (χ2v) is 11.1. The maximum atomic E-state index is 14.4. The highest BCUT2D eigenvalue weighted by atomic mass is 35.5. The average Bonchev–Trinajstić information content (AvgIpc) is 3.49. The molecule has 1 unspecified atom stereocenters. The van der Waals surface area contributed by atoms with Crippen LogP contribution in [0.25, 0.3) is 22.2 Å². The summed E-state index contributed by atoms with van der Waals surface area (Å²) < 4.78 is 39.3. The van der Waals surface area contributed by atoms with E-state index in [2.05, 4.69) is 9.97 Å². The van der Waals surface area contributed by atoms with Crippen LogP contribution in [0.2, 0.25) is 10.0 Å². The Bertz CT molecular complexity index is 1470. The molecule has 1 aliphatic rings. The number of aromatic nitrogens is 2. The smallest absolute Gasteiger partial charge is 0.178 e. The monoisotopic (exact) mass is 504 g/mol. The molecule has 0 aliphatic heterocycles. The Morgan fingerprint density at radius 2 is 1.82 bits per heavy atom. The number of nitrogens with one attached hydrogen (secondary N) is 1. The molecule has 3 aromatic carbocycles. The Morgan fingerprint density at radius 1 is 1.12 bits per heavy atom. The summed E-state index contributed by atoms with van der Waals surface area (Å²) in [5.41, 5.74) is 1.87. The number of nitrogens with zero attached hydrogens (tertiary/aromatic N) is 1. The number of aliphatic hydroxyl groups is 1. The summed E-state index contributed by atoms with van der Waals surface area (Å²) in [7, 11) is -3.34. The van der Waals surface area contributed by atoms with Crippen LogP contribution in [0.1, 0.15) is 30.3 Å². The molecule has 1 atom stereocenters. The maximum absolute atomic E-state index is 14.4. The van der Waals surface area contributed by atoms with Gasteiger partial charge in [0.15, 0.2) is 9.84 Å². The average molecular weight is 505 g/mol. The molecular weight excluding hydrogens is 486 g/mol. The van der Waals surface area contributed by atoms with Gasteiger partial charge in [0.2, 0.25) is 0 Å². The summed E-state index contributed by atoms with van der Waals surface area (Å²) in [6.07, 6.45) is 0.755. The lowest BCUT2D eigenvalue weighted by Crippen LogP contribution is -2.09. The third-order valence-corrected chi connectivity index (χ3v) is 8.36. The molecule has 4 aromatic rings. The first-order chi connectivity index (χ1) is 15.7. The number of benzene rings is 3.